The molecule has 0 heterocycles. The average Bonchev–Trinajstić information content (AvgIpc) is 2.76. The second-order valence-electron chi connectivity index (χ2n) is 10.1. The molecule has 0 amide bonds. The lowest BCUT2D eigenvalue weighted by Gasteiger charge is -2.42. The van der Waals surface area contributed by atoms with Gasteiger partial charge in [0.1, 0.15) is 0 Å². The molecule has 0 radical (unpaired) electrons. The molecule has 0 N–H and O–H groups in total. The fourth-order valence-corrected chi connectivity index (χ4v) is 6.97. The first-order valence-electron chi connectivity index (χ1n) is 12.0. The van der Waals surface area contributed by atoms with Gasteiger partial charge in [0.25, 0.3) is 0 Å². The zero-order valence-electron chi connectivity index (χ0n) is 17.3. The maximum atomic E-state index is 2.41. The lowest BCUT2D eigenvalue weighted by molar-refractivity contribution is 0.145. The predicted molar refractivity (Wildman–Crippen MR) is 118 cm³/mol. The van der Waals surface area contributed by atoms with Gasteiger partial charge in [0.15, 0.2) is 0 Å². The Morgan fingerprint density at radius 2 is 0.786 bits per heavy atom. The Balaban J connectivity index is 1.37. The van der Waals surface area contributed by atoms with Crippen LogP contribution in [0.2, 0.25) is 0 Å². The van der Waals surface area contributed by atoms with E-state index in [0.29, 0.717) is 0 Å². The number of hydrogen-bond acceptors (Lipinski definition) is 0. The molecular weight excluding hydrogens is 336 g/mol. The van der Waals surface area contributed by atoms with Crippen LogP contribution in [0, 0.1) is 23.7 Å². The summed E-state index contributed by atoms with van der Waals surface area (Å²) in [4.78, 5) is 0. The van der Waals surface area contributed by atoms with E-state index in [1.165, 1.54) is 64.2 Å². The fraction of sp³-hybridized carbons (Fsp3) is 0.571. The van der Waals surface area contributed by atoms with E-state index in [1.54, 1.807) is 11.1 Å². The van der Waals surface area contributed by atoms with Crippen molar-refractivity contribution < 1.29 is 0 Å². The molecule has 2 unspecified atom stereocenters. The van der Waals surface area contributed by atoms with Gasteiger partial charge in [-0.15, -0.1) is 0 Å². The van der Waals surface area contributed by atoms with Gasteiger partial charge in [0.2, 0.25) is 0 Å². The Morgan fingerprint density at radius 3 is 1.14 bits per heavy atom. The molecule has 28 heavy (non-hydrogen) atoms. The van der Waals surface area contributed by atoms with Crippen molar-refractivity contribution in [2.24, 2.45) is 23.7 Å². The van der Waals surface area contributed by atoms with Crippen LogP contribution >= 0.6 is 0 Å². The zero-order chi connectivity index (χ0) is 18.8. The third kappa shape index (κ3) is 3.93. The van der Waals surface area contributed by atoms with Crippen molar-refractivity contribution in [1.82, 2.24) is 0 Å². The van der Waals surface area contributed by atoms with Crippen LogP contribution in [0.15, 0.2) is 60.7 Å². The summed E-state index contributed by atoms with van der Waals surface area (Å²) in [6, 6.07) is 23.0. The van der Waals surface area contributed by atoms with Gasteiger partial charge in [0, 0.05) is 0 Å². The molecule has 8 rings (SSSR count). The topological polar surface area (TPSA) is 0 Å². The fourth-order valence-electron chi connectivity index (χ4n) is 6.97. The largest absolute Gasteiger partial charge is 0.0622 e. The Hall–Kier alpha value is -1.56. The minimum atomic E-state index is 0.822. The van der Waals surface area contributed by atoms with Crippen molar-refractivity contribution >= 4 is 0 Å². The molecule has 2 aromatic rings. The van der Waals surface area contributed by atoms with E-state index in [0.717, 1.165) is 35.5 Å². The first kappa shape index (κ1) is 18.5. The van der Waals surface area contributed by atoms with Crippen molar-refractivity contribution in [1.29, 1.82) is 0 Å². The lowest BCUT2D eigenvalue weighted by atomic mass is 9.63. The van der Waals surface area contributed by atoms with Crippen LogP contribution in [0.4, 0.5) is 0 Å². The van der Waals surface area contributed by atoms with Crippen LogP contribution in [0.3, 0.4) is 0 Å². The molecule has 0 heteroatoms. The summed E-state index contributed by atoms with van der Waals surface area (Å²) in [5, 5.41) is 0. The SMILES string of the molecule is c1ccc(C2C[C@H]3CCC2CCC2CC[C@H](CC3)C(c3ccccc3)C2)cc1. The number of hydrogen-bond donors (Lipinski definition) is 0. The number of benzene rings is 2. The van der Waals surface area contributed by atoms with Crippen molar-refractivity contribution in [3.8, 4) is 0 Å². The summed E-state index contributed by atoms with van der Waals surface area (Å²) < 4.78 is 0. The van der Waals surface area contributed by atoms with Gasteiger partial charge >= 0.3 is 0 Å². The molecule has 6 saturated carbocycles. The second-order valence-corrected chi connectivity index (χ2v) is 10.1. The molecule has 0 saturated heterocycles. The minimum Gasteiger partial charge on any atom is -0.0622 e. The summed E-state index contributed by atoms with van der Waals surface area (Å²) in [7, 11) is 0. The van der Waals surface area contributed by atoms with Gasteiger partial charge in [-0.1, -0.05) is 86.3 Å². The maximum Gasteiger partial charge on any atom is -0.0131 e. The molecule has 148 valence electrons. The standard InChI is InChI=1S/C28H36/c1-3-7-23(8-4-1)27-19-21-11-15-25(27)17-13-22-12-16-26(18-14-21)28(20-22)24-9-5-2-6-10-24/h1-10,21-22,25-28H,11-20H2/t21-,22?,25?,26+,27?,28?/m0/s1. The van der Waals surface area contributed by atoms with E-state index < -0.39 is 0 Å². The molecule has 6 aliphatic rings. The van der Waals surface area contributed by atoms with E-state index in [4.69, 9.17) is 0 Å². The van der Waals surface area contributed by atoms with Crippen LogP contribution in [0.25, 0.3) is 0 Å². The van der Waals surface area contributed by atoms with E-state index >= 15 is 0 Å². The zero-order valence-corrected chi connectivity index (χ0v) is 17.3. The highest BCUT2D eigenvalue weighted by molar-refractivity contribution is 5.22. The summed E-state index contributed by atoms with van der Waals surface area (Å²) in [5.41, 5.74) is 3.25. The molecule has 2 aromatic carbocycles. The van der Waals surface area contributed by atoms with Crippen LogP contribution < -0.4 is 0 Å². The molecule has 0 aromatic heterocycles. The van der Waals surface area contributed by atoms with Crippen LogP contribution in [0.5, 0.6) is 0 Å². The molecular formula is C28H36. The lowest BCUT2D eigenvalue weighted by Crippen LogP contribution is -2.29. The predicted octanol–water partition coefficient (Wildman–Crippen LogP) is 7.96. The molecule has 6 fully saturated rings. The van der Waals surface area contributed by atoms with Crippen molar-refractivity contribution in [2.75, 3.05) is 0 Å². The highest BCUT2D eigenvalue weighted by Crippen LogP contribution is 2.50. The molecule has 4 bridgehead atoms. The van der Waals surface area contributed by atoms with Crippen molar-refractivity contribution in [3.05, 3.63) is 71.8 Å². The monoisotopic (exact) mass is 372 g/mol. The Morgan fingerprint density at radius 1 is 0.429 bits per heavy atom. The summed E-state index contributed by atoms with van der Waals surface area (Å²) in [6.07, 6.45) is 14.7. The third-order valence-corrected chi connectivity index (χ3v) is 8.55. The highest BCUT2D eigenvalue weighted by Gasteiger charge is 2.36. The quantitative estimate of drug-likeness (QED) is 0.501. The molecule has 0 aliphatic heterocycles. The van der Waals surface area contributed by atoms with Crippen molar-refractivity contribution in [3.63, 3.8) is 0 Å². The van der Waals surface area contributed by atoms with Gasteiger partial charge < -0.3 is 0 Å². The smallest absolute Gasteiger partial charge is 0.0131 e. The Bertz CT molecular complexity index is 668. The molecule has 6 aliphatic carbocycles. The van der Waals surface area contributed by atoms with E-state index in [2.05, 4.69) is 60.7 Å². The first-order chi connectivity index (χ1) is 13.9. The molecule has 0 spiro atoms. The average molecular weight is 373 g/mol. The maximum absolute atomic E-state index is 2.41. The Kier molecular flexibility index (Phi) is 5.56. The minimum absolute atomic E-state index is 0.822. The summed E-state index contributed by atoms with van der Waals surface area (Å²) in [6.45, 7) is 0. The third-order valence-electron chi connectivity index (χ3n) is 8.55. The van der Waals surface area contributed by atoms with E-state index in [-0.39, 0.29) is 0 Å². The van der Waals surface area contributed by atoms with Gasteiger partial charge in [-0.05, 0) is 85.2 Å². The van der Waals surface area contributed by atoms with Gasteiger partial charge in [-0.2, -0.15) is 0 Å². The van der Waals surface area contributed by atoms with Gasteiger partial charge in [0.05, 0.1) is 0 Å². The summed E-state index contributed by atoms with van der Waals surface area (Å²) in [5.74, 6) is 5.40. The first-order valence-corrected chi connectivity index (χ1v) is 12.0. The summed E-state index contributed by atoms with van der Waals surface area (Å²) >= 11 is 0. The van der Waals surface area contributed by atoms with Crippen LogP contribution in [-0.2, 0) is 0 Å². The van der Waals surface area contributed by atoms with Gasteiger partial charge in [-0.25, -0.2) is 0 Å². The number of rotatable bonds is 2. The molecule has 2 atom stereocenters. The normalized spacial score (nSPS) is 35.9. The van der Waals surface area contributed by atoms with E-state index in [1.807, 2.05) is 0 Å². The van der Waals surface area contributed by atoms with Crippen LogP contribution in [-0.4, -0.2) is 0 Å². The second kappa shape index (κ2) is 8.44. The Labute approximate surface area is 171 Å². The van der Waals surface area contributed by atoms with Crippen LogP contribution in [0.1, 0.15) is 87.2 Å². The highest BCUT2D eigenvalue weighted by atomic mass is 14.4. The van der Waals surface area contributed by atoms with Crippen molar-refractivity contribution in [2.45, 2.75) is 76.0 Å². The molecule has 0 nitrogen and oxygen atoms in total. The van der Waals surface area contributed by atoms with E-state index in [9.17, 15) is 0 Å². The van der Waals surface area contributed by atoms with Gasteiger partial charge in [-0.3, -0.25) is 0 Å².